The van der Waals surface area contributed by atoms with Gasteiger partial charge in [-0.15, -0.1) is 0 Å². The molecule has 0 bridgehead atoms. The van der Waals surface area contributed by atoms with Crippen molar-refractivity contribution in [1.29, 1.82) is 0 Å². The summed E-state index contributed by atoms with van der Waals surface area (Å²) in [4.78, 5) is 14.6. The molecule has 100 valence electrons. The Morgan fingerprint density at radius 1 is 1.41 bits per heavy atom. The SMILES string of the molecule is CCCC(C)N1CCC(C(=O)C(C)(C)N)CC1. The van der Waals surface area contributed by atoms with E-state index in [4.69, 9.17) is 5.73 Å². The monoisotopic (exact) mass is 240 g/mol. The van der Waals surface area contributed by atoms with E-state index in [0.29, 0.717) is 6.04 Å². The number of nitrogens with two attached hydrogens (primary N) is 1. The van der Waals surface area contributed by atoms with Gasteiger partial charge in [-0.25, -0.2) is 0 Å². The van der Waals surface area contributed by atoms with Gasteiger partial charge in [-0.1, -0.05) is 13.3 Å². The quantitative estimate of drug-likeness (QED) is 0.801. The fraction of sp³-hybridized carbons (Fsp3) is 0.929. The third-order valence-electron chi connectivity index (χ3n) is 3.87. The first-order chi connectivity index (χ1) is 7.86. The van der Waals surface area contributed by atoms with Gasteiger partial charge in [0.15, 0.2) is 5.78 Å². The number of nitrogens with zero attached hydrogens (tertiary/aromatic N) is 1. The molecule has 0 aliphatic carbocycles. The van der Waals surface area contributed by atoms with E-state index in [1.54, 1.807) is 0 Å². The molecule has 3 nitrogen and oxygen atoms in total. The summed E-state index contributed by atoms with van der Waals surface area (Å²) in [6.07, 6.45) is 4.44. The number of carbonyl (C=O) groups is 1. The number of hydrogen-bond acceptors (Lipinski definition) is 3. The molecule has 0 spiro atoms. The fourth-order valence-corrected chi connectivity index (χ4v) is 2.73. The Labute approximate surface area is 106 Å². The minimum absolute atomic E-state index is 0.181. The predicted molar refractivity (Wildman–Crippen MR) is 71.9 cm³/mol. The maximum Gasteiger partial charge on any atom is 0.155 e. The maximum atomic E-state index is 12.1. The molecule has 2 N–H and O–H groups in total. The molecule has 1 fully saturated rings. The molecular weight excluding hydrogens is 212 g/mol. The van der Waals surface area contributed by atoms with E-state index < -0.39 is 5.54 Å². The zero-order valence-electron chi connectivity index (χ0n) is 11.8. The van der Waals surface area contributed by atoms with E-state index in [1.165, 1.54) is 12.8 Å². The van der Waals surface area contributed by atoms with E-state index in [0.717, 1.165) is 25.9 Å². The lowest BCUT2D eigenvalue weighted by atomic mass is 9.83. The van der Waals surface area contributed by atoms with E-state index in [9.17, 15) is 4.79 Å². The number of likely N-dealkylation sites (tertiary alicyclic amines) is 1. The smallest absolute Gasteiger partial charge is 0.155 e. The Kier molecular flexibility index (Phi) is 5.14. The molecule has 1 atom stereocenters. The summed E-state index contributed by atoms with van der Waals surface area (Å²) < 4.78 is 0. The van der Waals surface area contributed by atoms with Gasteiger partial charge in [0.25, 0.3) is 0 Å². The summed E-state index contributed by atoms with van der Waals surface area (Å²) in [5.74, 6) is 0.417. The van der Waals surface area contributed by atoms with E-state index >= 15 is 0 Å². The second-order valence-corrected chi connectivity index (χ2v) is 6.03. The van der Waals surface area contributed by atoms with Crippen molar-refractivity contribution in [2.24, 2.45) is 11.7 Å². The molecule has 3 heteroatoms. The number of carbonyl (C=O) groups excluding carboxylic acids is 1. The molecular formula is C14H28N2O. The van der Waals surface area contributed by atoms with Crippen molar-refractivity contribution in [3.63, 3.8) is 0 Å². The van der Waals surface area contributed by atoms with Gasteiger partial charge in [-0.3, -0.25) is 4.79 Å². The van der Waals surface area contributed by atoms with E-state index in [-0.39, 0.29) is 11.7 Å². The topological polar surface area (TPSA) is 46.3 Å². The Morgan fingerprint density at radius 3 is 2.35 bits per heavy atom. The van der Waals surface area contributed by atoms with Crippen LogP contribution in [-0.4, -0.2) is 35.4 Å². The summed E-state index contributed by atoms with van der Waals surface area (Å²) >= 11 is 0. The minimum atomic E-state index is -0.665. The maximum absolute atomic E-state index is 12.1. The predicted octanol–water partition coefficient (Wildman–Crippen LogP) is 2.19. The van der Waals surface area contributed by atoms with Crippen molar-refractivity contribution in [2.45, 2.75) is 65.0 Å². The number of Topliss-reactive ketones (excluding diaryl/α,β-unsaturated/α-hetero) is 1. The van der Waals surface area contributed by atoms with Crippen LogP contribution >= 0.6 is 0 Å². The molecule has 1 aliphatic rings. The van der Waals surface area contributed by atoms with Gasteiger partial charge in [0.2, 0.25) is 0 Å². The van der Waals surface area contributed by atoms with Crippen LogP contribution in [-0.2, 0) is 4.79 Å². The second kappa shape index (κ2) is 5.96. The highest BCUT2D eigenvalue weighted by molar-refractivity contribution is 5.89. The number of piperidine rings is 1. The van der Waals surface area contributed by atoms with E-state index in [2.05, 4.69) is 18.7 Å². The highest BCUT2D eigenvalue weighted by Crippen LogP contribution is 2.24. The molecule has 17 heavy (non-hydrogen) atoms. The van der Waals surface area contributed by atoms with Crippen molar-refractivity contribution < 1.29 is 4.79 Å². The number of hydrogen-bond donors (Lipinski definition) is 1. The average Bonchev–Trinajstić information content (AvgIpc) is 2.27. The Balaban J connectivity index is 2.43. The van der Waals surface area contributed by atoms with Crippen molar-refractivity contribution in [3.8, 4) is 0 Å². The molecule has 0 amide bonds. The fourth-order valence-electron chi connectivity index (χ4n) is 2.73. The molecule has 1 rings (SSSR count). The van der Waals surface area contributed by atoms with Crippen LogP contribution in [0.3, 0.4) is 0 Å². The van der Waals surface area contributed by atoms with Crippen LogP contribution in [0, 0.1) is 5.92 Å². The highest BCUT2D eigenvalue weighted by atomic mass is 16.1. The van der Waals surface area contributed by atoms with Crippen molar-refractivity contribution >= 4 is 5.78 Å². The van der Waals surface area contributed by atoms with Crippen LogP contribution in [0.1, 0.15) is 53.4 Å². The molecule has 1 saturated heterocycles. The first-order valence-electron chi connectivity index (χ1n) is 6.93. The number of rotatable bonds is 5. The van der Waals surface area contributed by atoms with Crippen LogP contribution < -0.4 is 5.73 Å². The van der Waals surface area contributed by atoms with Gasteiger partial charge < -0.3 is 10.6 Å². The van der Waals surface area contributed by atoms with Crippen molar-refractivity contribution in [3.05, 3.63) is 0 Å². The molecule has 0 aromatic carbocycles. The van der Waals surface area contributed by atoms with Gasteiger partial charge in [-0.05, 0) is 53.1 Å². The van der Waals surface area contributed by atoms with Crippen LogP contribution in [0.25, 0.3) is 0 Å². The minimum Gasteiger partial charge on any atom is -0.319 e. The van der Waals surface area contributed by atoms with Crippen LogP contribution in [0.2, 0.25) is 0 Å². The van der Waals surface area contributed by atoms with Crippen LogP contribution in [0.15, 0.2) is 0 Å². The molecule has 0 aromatic rings. The van der Waals surface area contributed by atoms with Gasteiger partial charge in [0.05, 0.1) is 5.54 Å². The highest BCUT2D eigenvalue weighted by Gasteiger charge is 2.33. The summed E-state index contributed by atoms with van der Waals surface area (Å²) in [6, 6.07) is 0.655. The lowest BCUT2D eigenvalue weighted by Gasteiger charge is -2.37. The summed E-state index contributed by atoms with van der Waals surface area (Å²) in [6.45, 7) is 10.3. The molecule has 1 aliphatic heterocycles. The van der Waals surface area contributed by atoms with Gasteiger partial charge in [0.1, 0.15) is 0 Å². The van der Waals surface area contributed by atoms with Crippen LogP contribution in [0.5, 0.6) is 0 Å². The van der Waals surface area contributed by atoms with E-state index in [1.807, 2.05) is 13.8 Å². The van der Waals surface area contributed by atoms with Crippen molar-refractivity contribution in [1.82, 2.24) is 4.90 Å². The Morgan fingerprint density at radius 2 is 1.94 bits per heavy atom. The normalized spacial score (nSPS) is 21.5. The Bertz CT molecular complexity index is 249. The standard InChI is InChI=1S/C14H28N2O/c1-5-6-11(2)16-9-7-12(8-10-16)13(17)14(3,4)15/h11-12H,5-10,15H2,1-4H3. The molecule has 1 heterocycles. The molecule has 0 aromatic heterocycles. The zero-order valence-corrected chi connectivity index (χ0v) is 11.8. The van der Waals surface area contributed by atoms with Gasteiger partial charge in [-0.2, -0.15) is 0 Å². The molecule has 1 unspecified atom stereocenters. The molecule has 0 radical (unpaired) electrons. The zero-order chi connectivity index (χ0) is 13.1. The first kappa shape index (κ1) is 14.7. The summed E-state index contributed by atoms with van der Waals surface area (Å²) in [7, 11) is 0. The van der Waals surface area contributed by atoms with Crippen molar-refractivity contribution in [2.75, 3.05) is 13.1 Å². The lowest BCUT2D eigenvalue weighted by Crippen LogP contribution is -2.49. The number of ketones is 1. The van der Waals surface area contributed by atoms with Gasteiger partial charge >= 0.3 is 0 Å². The third kappa shape index (κ3) is 4.07. The second-order valence-electron chi connectivity index (χ2n) is 6.03. The lowest BCUT2D eigenvalue weighted by molar-refractivity contribution is -0.128. The first-order valence-corrected chi connectivity index (χ1v) is 6.93. The largest absolute Gasteiger partial charge is 0.319 e. The molecule has 0 saturated carbocycles. The average molecular weight is 240 g/mol. The van der Waals surface area contributed by atoms with Gasteiger partial charge in [0, 0.05) is 12.0 Å². The third-order valence-corrected chi connectivity index (χ3v) is 3.87. The Hall–Kier alpha value is -0.410. The summed E-state index contributed by atoms with van der Waals surface area (Å²) in [5, 5.41) is 0. The van der Waals surface area contributed by atoms with Crippen LogP contribution in [0.4, 0.5) is 0 Å². The summed E-state index contributed by atoms with van der Waals surface area (Å²) in [5.41, 5.74) is 5.22.